The summed E-state index contributed by atoms with van der Waals surface area (Å²) in [7, 11) is 1.67. The molecule has 2 rings (SSSR count). The molecule has 1 heterocycles. The summed E-state index contributed by atoms with van der Waals surface area (Å²) in [5, 5.41) is 13.6. The molecule has 2 unspecified atom stereocenters. The van der Waals surface area contributed by atoms with Gasteiger partial charge in [0.25, 0.3) is 0 Å². The summed E-state index contributed by atoms with van der Waals surface area (Å²) in [6.07, 6.45) is 1.65. The average Bonchev–Trinajstić information content (AvgIpc) is 2.85. The molecule has 1 fully saturated rings. The number of hydrogen-bond acceptors (Lipinski definition) is 4. The minimum Gasteiger partial charge on any atom is -0.497 e. The van der Waals surface area contributed by atoms with Crippen molar-refractivity contribution in [3.63, 3.8) is 0 Å². The molecular formula is C15H23NO3. The summed E-state index contributed by atoms with van der Waals surface area (Å²) >= 11 is 0. The van der Waals surface area contributed by atoms with Crippen molar-refractivity contribution in [2.24, 2.45) is 0 Å². The standard InChI is InChI=1S/C15H23NO3/c1-12(16-10-15(17)7-8-19-11-15)9-13-3-5-14(18-2)6-4-13/h3-6,12,16-17H,7-11H2,1-2H3. The van der Waals surface area contributed by atoms with Gasteiger partial charge in [-0.05, 0) is 31.0 Å². The van der Waals surface area contributed by atoms with Gasteiger partial charge in [0.05, 0.1) is 13.7 Å². The summed E-state index contributed by atoms with van der Waals surface area (Å²) in [5.41, 5.74) is 0.573. The molecule has 4 heteroatoms. The molecule has 0 radical (unpaired) electrons. The average molecular weight is 265 g/mol. The van der Waals surface area contributed by atoms with Crippen LogP contribution in [-0.4, -0.2) is 43.6 Å². The molecule has 0 aromatic heterocycles. The van der Waals surface area contributed by atoms with E-state index in [-0.39, 0.29) is 0 Å². The first kappa shape index (κ1) is 14.3. The highest BCUT2D eigenvalue weighted by molar-refractivity contribution is 5.27. The van der Waals surface area contributed by atoms with Crippen LogP contribution in [0.2, 0.25) is 0 Å². The van der Waals surface area contributed by atoms with E-state index in [1.807, 2.05) is 12.1 Å². The Morgan fingerprint density at radius 1 is 1.42 bits per heavy atom. The second kappa shape index (κ2) is 6.37. The third-order valence-electron chi connectivity index (χ3n) is 3.56. The maximum absolute atomic E-state index is 10.2. The third-order valence-corrected chi connectivity index (χ3v) is 3.56. The molecule has 1 aromatic carbocycles. The molecule has 0 spiro atoms. The Balaban J connectivity index is 1.78. The van der Waals surface area contributed by atoms with E-state index in [0.717, 1.165) is 18.6 Å². The van der Waals surface area contributed by atoms with Crippen LogP contribution in [0.15, 0.2) is 24.3 Å². The summed E-state index contributed by atoms with van der Waals surface area (Å²) < 4.78 is 10.4. The van der Waals surface area contributed by atoms with Gasteiger partial charge in [-0.1, -0.05) is 12.1 Å². The van der Waals surface area contributed by atoms with Crippen LogP contribution in [0.5, 0.6) is 5.75 Å². The lowest BCUT2D eigenvalue weighted by atomic mass is 10.0. The molecule has 0 bridgehead atoms. The van der Waals surface area contributed by atoms with Gasteiger partial charge in [0, 0.05) is 25.6 Å². The van der Waals surface area contributed by atoms with Crippen molar-refractivity contribution in [1.29, 1.82) is 0 Å². The van der Waals surface area contributed by atoms with Gasteiger partial charge in [0.2, 0.25) is 0 Å². The molecule has 0 saturated carbocycles. The van der Waals surface area contributed by atoms with Gasteiger partial charge in [-0.2, -0.15) is 0 Å². The molecule has 4 nitrogen and oxygen atoms in total. The van der Waals surface area contributed by atoms with Crippen molar-refractivity contribution in [2.75, 3.05) is 26.9 Å². The predicted octanol–water partition coefficient (Wildman–Crippen LogP) is 1.37. The normalized spacial score (nSPS) is 24.4. The Bertz CT molecular complexity index is 385. The first-order chi connectivity index (χ1) is 9.11. The highest BCUT2D eigenvalue weighted by atomic mass is 16.5. The van der Waals surface area contributed by atoms with Crippen LogP contribution >= 0.6 is 0 Å². The second-order valence-electron chi connectivity index (χ2n) is 5.36. The van der Waals surface area contributed by atoms with Gasteiger partial charge in [0.15, 0.2) is 0 Å². The van der Waals surface area contributed by atoms with E-state index in [2.05, 4.69) is 24.4 Å². The lowest BCUT2D eigenvalue weighted by molar-refractivity contribution is 0.0252. The molecule has 106 valence electrons. The second-order valence-corrected chi connectivity index (χ2v) is 5.36. The smallest absolute Gasteiger partial charge is 0.118 e. The Hall–Kier alpha value is -1.10. The van der Waals surface area contributed by atoms with E-state index in [1.54, 1.807) is 7.11 Å². The SMILES string of the molecule is COc1ccc(CC(C)NCC2(O)CCOC2)cc1. The molecule has 1 aliphatic heterocycles. The minimum absolute atomic E-state index is 0.318. The third kappa shape index (κ3) is 4.20. The van der Waals surface area contributed by atoms with Crippen LogP contribution in [0.4, 0.5) is 0 Å². The van der Waals surface area contributed by atoms with Gasteiger partial charge in [-0.3, -0.25) is 0 Å². The monoisotopic (exact) mass is 265 g/mol. The topological polar surface area (TPSA) is 50.7 Å². The number of ether oxygens (including phenoxy) is 2. The molecule has 1 aliphatic rings. The fourth-order valence-corrected chi connectivity index (χ4v) is 2.29. The number of methoxy groups -OCH3 is 1. The fourth-order valence-electron chi connectivity index (χ4n) is 2.29. The van der Waals surface area contributed by atoms with E-state index < -0.39 is 5.60 Å². The number of aliphatic hydroxyl groups is 1. The lowest BCUT2D eigenvalue weighted by Crippen LogP contribution is -2.44. The minimum atomic E-state index is -0.686. The zero-order valence-corrected chi connectivity index (χ0v) is 11.7. The van der Waals surface area contributed by atoms with Crippen molar-refractivity contribution >= 4 is 0 Å². The van der Waals surface area contributed by atoms with Crippen LogP contribution in [0, 0.1) is 0 Å². The molecule has 19 heavy (non-hydrogen) atoms. The van der Waals surface area contributed by atoms with Crippen LogP contribution in [0.1, 0.15) is 18.9 Å². The number of rotatable bonds is 6. The van der Waals surface area contributed by atoms with E-state index >= 15 is 0 Å². The van der Waals surface area contributed by atoms with Crippen molar-refractivity contribution in [1.82, 2.24) is 5.32 Å². The largest absolute Gasteiger partial charge is 0.497 e. The zero-order valence-electron chi connectivity index (χ0n) is 11.7. The van der Waals surface area contributed by atoms with Crippen LogP contribution < -0.4 is 10.1 Å². The summed E-state index contributed by atoms with van der Waals surface area (Å²) in [6.45, 7) is 3.81. The molecule has 2 N–H and O–H groups in total. The summed E-state index contributed by atoms with van der Waals surface area (Å²) in [4.78, 5) is 0. The molecule has 1 saturated heterocycles. The first-order valence-electron chi connectivity index (χ1n) is 6.78. The summed E-state index contributed by atoms with van der Waals surface area (Å²) in [5.74, 6) is 0.877. The van der Waals surface area contributed by atoms with Crippen molar-refractivity contribution < 1.29 is 14.6 Å². The number of nitrogens with one attached hydrogen (secondary N) is 1. The van der Waals surface area contributed by atoms with E-state index in [0.29, 0.717) is 25.8 Å². The Kier molecular flexibility index (Phi) is 4.80. The predicted molar refractivity (Wildman–Crippen MR) is 74.5 cm³/mol. The fraction of sp³-hybridized carbons (Fsp3) is 0.600. The maximum atomic E-state index is 10.2. The van der Waals surface area contributed by atoms with Crippen LogP contribution in [-0.2, 0) is 11.2 Å². The Morgan fingerprint density at radius 2 is 2.16 bits per heavy atom. The number of benzene rings is 1. The lowest BCUT2D eigenvalue weighted by Gasteiger charge is -2.24. The van der Waals surface area contributed by atoms with Crippen molar-refractivity contribution in [3.8, 4) is 5.75 Å². The molecule has 2 atom stereocenters. The van der Waals surface area contributed by atoms with Gasteiger partial charge >= 0.3 is 0 Å². The molecule has 0 amide bonds. The number of hydrogen-bond donors (Lipinski definition) is 2. The highest BCUT2D eigenvalue weighted by Crippen LogP contribution is 2.17. The molecule has 1 aromatic rings. The molecular weight excluding hydrogens is 242 g/mol. The van der Waals surface area contributed by atoms with Gasteiger partial charge < -0.3 is 19.9 Å². The van der Waals surface area contributed by atoms with Gasteiger partial charge in [0.1, 0.15) is 11.4 Å². The van der Waals surface area contributed by atoms with E-state index in [4.69, 9.17) is 9.47 Å². The quantitative estimate of drug-likeness (QED) is 0.815. The Morgan fingerprint density at radius 3 is 2.74 bits per heavy atom. The van der Waals surface area contributed by atoms with Crippen LogP contribution in [0.25, 0.3) is 0 Å². The van der Waals surface area contributed by atoms with E-state index in [1.165, 1.54) is 5.56 Å². The van der Waals surface area contributed by atoms with Crippen molar-refractivity contribution in [2.45, 2.75) is 31.4 Å². The maximum Gasteiger partial charge on any atom is 0.118 e. The van der Waals surface area contributed by atoms with Gasteiger partial charge in [-0.25, -0.2) is 0 Å². The first-order valence-corrected chi connectivity index (χ1v) is 6.78. The Labute approximate surface area is 114 Å². The van der Waals surface area contributed by atoms with Gasteiger partial charge in [-0.15, -0.1) is 0 Å². The van der Waals surface area contributed by atoms with Crippen LogP contribution in [0.3, 0.4) is 0 Å². The molecule has 0 aliphatic carbocycles. The zero-order chi connectivity index (χ0) is 13.7. The highest BCUT2D eigenvalue weighted by Gasteiger charge is 2.32. The van der Waals surface area contributed by atoms with Crippen molar-refractivity contribution in [3.05, 3.63) is 29.8 Å². The summed E-state index contributed by atoms with van der Waals surface area (Å²) in [6, 6.07) is 8.41. The van der Waals surface area contributed by atoms with E-state index in [9.17, 15) is 5.11 Å².